The van der Waals surface area contributed by atoms with Crippen LogP contribution >= 0.6 is 0 Å². The van der Waals surface area contributed by atoms with E-state index < -0.39 is 5.97 Å². The van der Waals surface area contributed by atoms with E-state index in [9.17, 15) is 4.79 Å². The summed E-state index contributed by atoms with van der Waals surface area (Å²) in [6.45, 7) is 0. The number of nitrogens with two attached hydrogens (primary N) is 1. The van der Waals surface area contributed by atoms with Crippen LogP contribution in [0.4, 0.5) is 5.82 Å². The Morgan fingerprint density at radius 2 is 2.36 bits per heavy atom. The Morgan fingerprint density at radius 3 is 3.07 bits per heavy atom. The van der Waals surface area contributed by atoms with Crippen LogP contribution < -0.4 is 5.73 Å². The number of hydrogen-bond donors (Lipinski definition) is 2. The van der Waals surface area contributed by atoms with Gasteiger partial charge in [-0.2, -0.15) is 5.10 Å². The number of H-pyrrole nitrogens is 1. The standard InChI is InChI=1S/C8H8N4O2/c1-14-8(13)4-2-10-3-5-6(4)7(9)12-11-5/h2-3H,1H3,(H3,9,11,12). The van der Waals surface area contributed by atoms with Gasteiger partial charge in [0.05, 0.1) is 29.8 Å². The van der Waals surface area contributed by atoms with Gasteiger partial charge in [-0.15, -0.1) is 0 Å². The highest BCUT2D eigenvalue weighted by molar-refractivity contribution is 6.06. The molecule has 2 aromatic rings. The van der Waals surface area contributed by atoms with Crippen molar-refractivity contribution in [2.24, 2.45) is 0 Å². The number of fused-ring (bicyclic) bond motifs is 1. The smallest absolute Gasteiger partial charge is 0.340 e. The highest BCUT2D eigenvalue weighted by Gasteiger charge is 2.14. The van der Waals surface area contributed by atoms with Gasteiger partial charge in [0, 0.05) is 6.20 Å². The molecule has 0 bridgehead atoms. The van der Waals surface area contributed by atoms with E-state index in [1.807, 2.05) is 0 Å². The second-order valence-corrected chi connectivity index (χ2v) is 2.71. The number of rotatable bonds is 1. The lowest BCUT2D eigenvalue weighted by Crippen LogP contribution is -2.03. The third-order valence-electron chi connectivity index (χ3n) is 1.90. The van der Waals surface area contributed by atoms with Crippen molar-refractivity contribution >= 4 is 22.7 Å². The van der Waals surface area contributed by atoms with Crippen LogP contribution in [0.5, 0.6) is 0 Å². The number of aromatic amines is 1. The van der Waals surface area contributed by atoms with Gasteiger partial charge in [0.2, 0.25) is 0 Å². The van der Waals surface area contributed by atoms with Gasteiger partial charge in [-0.05, 0) is 0 Å². The highest BCUT2D eigenvalue weighted by atomic mass is 16.5. The lowest BCUT2D eigenvalue weighted by Gasteiger charge is -1.99. The van der Waals surface area contributed by atoms with Gasteiger partial charge in [0.1, 0.15) is 0 Å². The summed E-state index contributed by atoms with van der Waals surface area (Å²) < 4.78 is 4.59. The molecule has 0 aliphatic carbocycles. The quantitative estimate of drug-likeness (QED) is 0.635. The molecule has 6 nitrogen and oxygen atoms in total. The van der Waals surface area contributed by atoms with E-state index in [2.05, 4.69) is 19.9 Å². The normalized spacial score (nSPS) is 10.4. The van der Waals surface area contributed by atoms with Crippen molar-refractivity contribution in [1.82, 2.24) is 15.2 Å². The average Bonchev–Trinajstić information content (AvgIpc) is 2.59. The molecule has 0 atom stereocenters. The Labute approximate surface area is 79.1 Å². The zero-order valence-corrected chi connectivity index (χ0v) is 7.44. The average molecular weight is 192 g/mol. The number of esters is 1. The summed E-state index contributed by atoms with van der Waals surface area (Å²) in [5.74, 6) is -0.209. The van der Waals surface area contributed by atoms with E-state index in [1.54, 1.807) is 6.20 Å². The second-order valence-electron chi connectivity index (χ2n) is 2.71. The number of carbonyl (C=O) groups excluding carboxylic acids is 1. The summed E-state index contributed by atoms with van der Waals surface area (Å²) in [6.07, 6.45) is 2.95. The minimum absolute atomic E-state index is 0.266. The first-order chi connectivity index (χ1) is 6.74. The first-order valence-corrected chi connectivity index (χ1v) is 3.90. The van der Waals surface area contributed by atoms with E-state index in [0.717, 1.165) is 0 Å². The van der Waals surface area contributed by atoms with Crippen molar-refractivity contribution in [2.45, 2.75) is 0 Å². The highest BCUT2D eigenvalue weighted by Crippen LogP contribution is 2.21. The Balaban J connectivity index is 2.75. The first-order valence-electron chi connectivity index (χ1n) is 3.90. The fourth-order valence-corrected chi connectivity index (χ4v) is 1.26. The first kappa shape index (κ1) is 8.49. The van der Waals surface area contributed by atoms with Crippen LogP contribution in [0.3, 0.4) is 0 Å². The number of nitrogens with one attached hydrogen (secondary N) is 1. The molecule has 14 heavy (non-hydrogen) atoms. The SMILES string of the molecule is COC(=O)c1cncc2[nH]nc(N)c12. The number of pyridine rings is 1. The van der Waals surface area contributed by atoms with Crippen molar-refractivity contribution in [3.8, 4) is 0 Å². The number of hydrogen-bond acceptors (Lipinski definition) is 5. The fraction of sp³-hybridized carbons (Fsp3) is 0.125. The number of carbonyl (C=O) groups is 1. The second kappa shape index (κ2) is 2.99. The maximum atomic E-state index is 11.3. The van der Waals surface area contributed by atoms with Gasteiger partial charge in [-0.3, -0.25) is 10.1 Å². The van der Waals surface area contributed by atoms with Crippen LogP contribution in [0.15, 0.2) is 12.4 Å². The molecule has 6 heteroatoms. The topological polar surface area (TPSA) is 93.9 Å². The molecule has 0 spiro atoms. The van der Waals surface area contributed by atoms with E-state index in [-0.39, 0.29) is 5.82 Å². The van der Waals surface area contributed by atoms with Crippen LogP contribution in [0.2, 0.25) is 0 Å². The van der Waals surface area contributed by atoms with Gasteiger partial charge in [-0.1, -0.05) is 0 Å². The third kappa shape index (κ3) is 1.08. The lowest BCUT2D eigenvalue weighted by atomic mass is 10.2. The number of methoxy groups -OCH3 is 1. The largest absolute Gasteiger partial charge is 0.465 e. The lowest BCUT2D eigenvalue weighted by molar-refractivity contribution is 0.0602. The van der Waals surface area contributed by atoms with Crippen LogP contribution in [-0.4, -0.2) is 28.3 Å². The summed E-state index contributed by atoms with van der Waals surface area (Å²) in [5, 5.41) is 6.99. The van der Waals surface area contributed by atoms with Gasteiger partial charge >= 0.3 is 5.97 Å². The molecule has 0 unspecified atom stereocenters. The Bertz CT molecular complexity index is 491. The number of nitrogen functional groups attached to an aromatic ring is 1. The molecule has 0 fully saturated rings. The number of anilines is 1. The molecular formula is C8H8N4O2. The van der Waals surface area contributed by atoms with Crippen LogP contribution in [0.25, 0.3) is 10.9 Å². The van der Waals surface area contributed by atoms with Crippen molar-refractivity contribution in [1.29, 1.82) is 0 Å². The maximum absolute atomic E-state index is 11.3. The van der Waals surface area contributed by atoms with Crippen LogP contribution in [0, 0.1) is 0 Å². The predicted octanol–water partition coefficient (Wildman–Crippen LogP) is 0.327. The molecule has 0 aliphatic rings. The molecule has 3 N–H and O–H groups in total. The monoisotopic (exact) mass is 192 g/mol. The van der Waals surface area contributed by atoms with Gasteiger partial charge in [-0.25, -0.2) is 4.79 Å². The summed E-state index contributed by atoms with van der Waals surface area (Å²) in [5.41, 5.74) is 6.52. The molecule has 0 amide bonds. The molecule has 72 valence electrons. The minimum atomic E-state index is -0.476. The molecule has 0 saturated heterocycles. The van der Waals surface area contributed by atoms with Crippen molar-refractivity contribution < 1.29 is 9.53 Å². The van der Waals surface area contributed by atoms with Crippen LogP contribution in [-0.2, 0) is 4.74 Å². The Kier molecular flexibility index (Phi) is 1.81. The number of nitrogens with zero attached hydrogens (tertiary/aromatic N) is 2. The predicted molar refractivity (Wildman–Crippen MR) is 49.6 cm³/mol. The minimum Gasteiger partial charge on any atom is -0.465 e. The molecule has 0 radical (unpaired) electrons. The third-order valence-corrected chi connectivity index (χ3v) is 1.90. The maximum Gasteiger partial charge on any atom is 0.340 e. The molecule has 0 aliphatic heterocycles. The van der Waals surface area contributed by atoms with Crippen molar-refractivity contribution in [3.05, 3.63) is 18.0 Å². The summed E-state index contributed by atoms with van der Waals surface area (Å²) in [4.78, 5) is 15.2. The number of aromatic nitrogens is 3. The van der Waals surface area contributed by atoms with Gasteiger partial charge < -0.3 is 10.5 Å². The van der Waals surface area contributed by atoms with E-state index in [1.165, 1.54) is 13.3 Å². The zero-order chi connectivity index (χ0) is 10.1. The van der Waals surface area contributed by atoms with Crippen LogP contribution in [0.1, 0.15) is 10.4 Å². The van der Waals surface area contributed by atoms with Gasteiger partial charge in [0.15, 0.2) is 5.82 Å². The molecule has 2 aromatic heterocycles. The van der Waals surface area contributed by atoms with Crippen molar-refractivity contribution in [3.63, 3.8) is 0 Å². The Morgan fingerprint density at radius 1 is 1.57 bits per heavy atom. The van der Waals surface area contributed by atoms with Gasteiger partial charge in [0.25, 0.3) is 0 Å². The molecule has 0 saturated carbocycles. The zero-order valence-electron chi connectivity index (χ0n) is 7.44. The molecular weight excluding hydrogens is 184 g/mol. The molecule has 2 rings (SSSR count). The summed E-state index contributed by atoms with van der Waals surface area (Å²) in [6, 6.07) is 0. The van der Waals surface area contributed by atoms with E-state index >= 15 is 0 Å². The Hall–Kier alpha value is -2.11. The van der Waals surface area contributed by atoms with E-state index in [4.69, 9.17) is 5.73 Å². The summed E-state index contributed by atoms with van der Waals surface area (Å²) >= 11 is 0. The molecule has 2 heterocycles. The summed E-state index contributed by atoms with van der Waals surface area (Å²) in [7, 11) is 1.30. The number of ether oxygens (including phenoxy) is 1. The molecule has 0 aromatic carbocycles. The fourth-order valence-electron chi connectivity index (χ4n) is 1.26. The van der Waals surface area contributed by atoms with Crippen molar-refractivity contribution in [2.75, 3.05) is 12.8 Å². The van der Waals surface area contributed by atoms with E-state index in [0.29, 0.717) is 16.5 Å².